The topological polar surface area (TPSA) is 58.6 Å². The fourth-order valence-corrected chi connectivity index (χ4v) is 4.25. The summed E-state index contributed by atoms with van der Waals surface area (Å²) in [6.45, 7) is 2.31. The molecule has 0 amide bonds. The van der Waals surface area contributed by atoms with Gasteiger partial charge in [-0.3, -0.25) is 0 Å². The summed E-state index contributed by atoms with van der Waals surface area (Å²) in [5.41, 5.74) is 0. The molecule has 5 nitrogen and oxygen atoms in total. The van der Waals surface area contributed by atoms with E-state index in [1.807, 2.05) is 7.05 Å². The first-order valence-electron chi connectivity index (χ1n) is 5.88. The Hall–Kier alpha value is -0.170. The van der Waals surface area contributed by atoms with Gasteiger partial charge >= 0.3 is 0 Å². The Balaban J connectivity index is 2.01. The van der Waals surface area contributed by atoms with Crippen LogP contribution < -0.4 is 5.32 Å². The molecule has 0 spiro atoms. The second kappa shape index (κ2) is 5.00. The van der Waals surface area contributed by atoms with E-state index in [1.165, 1.54) is 0 Å². The van der Waals surface area contributed by atoms with E-state index in [0.717, 1.165) is 19.3 Å². The third-order valence-corrected chi connectivity index (χ3v) is 5.72. The van der Waals surface area contributed by atoms with E-state index >= 15 is 0 Å². The average molecular weight is 248 g/mol. The Morgan fingerprint density at radius 2 is 2.19 bits per heavy atom. The Morgan fingerprint density at radius 3 is 2.75 bits per heavy atom. The van der Waals surface area contributed by atoms with Crippen molar-refractivity contribution in [3.63, 3.8) is 0 Å². The molecule has 2 atom stereocenters. The number of hydrogen-bond acceptors (Lipinski definition) is 4. The van der Waals surface area contributed by atoms with Gasteiger partial charge in [0.2, 0.25) is 10.0 Å². The summed E-state index contributed by atoms with van der Waals surface area (Å²) < 4.78 is 31.4. The smallest absolute Gasteiger partial charge is 0.219 e. The van der Waals surface area contributed by atoms with Crippen molar-refractivity contribution < 1.29 is 13.2 Å². The van der Waals surface area contributed by atoms with Gasteiger partial charge in [-0.05, 0) is 26.3 Å². The molecule has 0 aromatic carbocycles. The number of likely N-dealkylation sites (N-methyl/N-ethyl adjacent to an activating group) is 1. The molecule has 16 heavy (non-hydrogen) atoms. The van der Waals surface area contributed by atoms with E-state index in [-0.39, 0.29) is 5.25 Å². The summed E-state index contributed by atoms with van der Waals surface area (Å²) in [5.74, 6) is 0. The lowest BCUT2D eigenvalue weighted by Gasteiger charge is -2.27. The van der Waals surface area contributed by atoms with E-state index in [1.54, 1.807) is 4.31 Å². The van der Waals surface area contributed by atoms with Gasteiger partial charge < -0.3 is 10.1 Å². The van der Waals surface area contributed by atoms with Crippen molar-refractivity contribution in [3.05, 3.63) is 0 Å². The fraction of sp³-hybridized carbons (Fsp3) is 1.00. The second-order valence-electron chi connectivity index (χ2n) is 4.52. The van der Waals surface area contributed by atoms with Crippen LogP contribution in [0, 0.1) is 0 Å². The lowest BCUT2D eigenvalue weighted by molar-refractivity contribution is 0.0977. The van der Waals surface area contributed by atoms with Crippen molar-refractivity contribution in [2.24, 2.45) is 0 Å². The average Bonchev–Trinajstić information content (AvgIpc) is 2.79. The Kier molecular flexibility index (Phi) is 3.84. The lowest BCUT2D eigenvalue weighted by atomic mass is 10.2. The molecule has 2 fully saturated rings. The highest BCUT2D eigenvalue weighted by atomic mass is 32.2. The molecule has 94 valence electrons. The minimum atomic E-state index is -3.14. The second-order valence-corrected chi connectivity index (χ2v) is 6.73. The number of ether oxygens (including phenoxy) is 1. The van der Waals surface area contributed by atoms with E-state index in [4.69, 9.17) is 4.74 Å². The Bertz CT molecular complexity index is 325. The summed E-state index contributed by atoms with van der Waals surface area (Å²) in [6, 6.07) is 0.305. The summed E-state index contributed by atoms with van der Waals surface area (Å²) in [6.07, 6.45) is 2.50. The van der Waals surface area contributed by atoms with Crippen LogP contribution in [0.25, 0.3) is 0 Å². The third-order valence-electron chi connectivity index (χ3n) is 3.46. The molecule has 2 unspecified atom stereocenters. The van der Waals surface area contributed by atoms with Crippen molar-refractivity contribution in [1.82, 2.24) is 9.62 Å². The molecule has 0 aliphatic carbocycles. The number of rotatable bonds is 3. The van der Waals surface area contributed by atoms with Crippen molar-refractivity contribution in [2.75, 3.05) is 33.4 Å². The van der Waals surface area contributed by atoms with Gasteiger partial charge in [0.05, 0.1) is 11.9 Å². The van der Waals surface area contributed by atoms with Gasteiger partial charge in [-0.15, -0.1) is 0 Å². The molecule has 6 heteroatoms. The lowest BCUT2D eigenvalue weighted by Crippen LogP contribution is -2.42. The van der Waals surface area contributed by atoms with Gasteiger partial charge in [-0.2, -0.15) is 4.31 Å². The van der Waals surface area contributed by atoms with Crippen LogP contribution in [-0.4, -0.2) is 57.4 Å². The van der Waals surface area contributed by atoms with Crippen molar-refractivity contribution in [2.45, 2.75) is 30.6 Å². The summed E-state index contributed by atoms with van der Waals surface area (Å²) in [7, 11) is -1.26. The van der Waals surface area contributed by atoms with E-state index < -0.39 is 10.0 Å². The van der Waals surface area contributed by atoms with Gasteiger partial charge in [-0.25, -0.2) is 8.42 Å². The van der Waals surface area contributed by atoms with E-state index in [9.17, 15) is 8.42 Å². The predicted molar refractivity (Wildman–Crippen MR) is 61.8 cm³/mol. The Labute approximate surface area is 97.2 Å². The first-order chi connectivity index (χ1) is 7.64. The highest BCUT2D eigenvalue weighted by Crippen LogP contribution is 2.22. The normalized spacial score (nSPS) is 33.1. The Morgan fingerprint density at radius 1 is 1.38 bits per heavy atom. The molecule has 2 heterocycles. The largest absolute Gasteiger partial charge is 0.380 e. The predicted octanol–water partition coefficient (Wildman–Crippen LogP) is -0.211. The monoisotopic (exact) mass is 248 g/mol. The summed E-state index contributed by atoms with van der Waals surface area (Å²) in [5, 5.41) is 2.81. The molecule has 0 bridgehead atoms. The summed E-state index contributed by atoms with van der Waals surface area (Å²) in [4.78, 5) is 0. The molecule has 0 aromatic heterocycles. The molecule has 2 rings (SSSR count). The van der Waals surface area contributed by atoms with Crippen LogP contribution in [0.5, 0.6) is 0 Å². The first kappa shape index (κ1) is 12.3. The number of nitrogens with one attached hydrogen (secondary N) is 1. The van der Waals surface area contributed by atoms with Gasteiger partial charge in [0.1, 0.15) is 0 Å². The molecule has 2 saturated heterocycles. The minimum Gasteiger partial charge on any atom is -0.380 e. The maximum absolute atomic E-state index is 12.3. The standard InChI is InChI=1S/C10H20N2O3S/c1-11-9-4-5-12(7-9)16(13,14)10-3-2-6-15-8-10/h9-11H,2-8H2,1H3. The van der Waals surface area contributed by atoms with Gasteiger partial charge in [0.25, 0.3) is 0 Å². The van der Waals surface area contributed by atoms with Gasteiger partial charge in [0.15, 0.2) is 0 Å². The maximum atomic E-state index is 12.3. The molecule has 1 N–H and O–H groups in total. The third kappa shape index (κ3) is 2.40. The molecular weight excluding hydrogens is 228 g/mol. The maximum Gasteiger partial charge on any atom is 0.219 e. The quantitative estimate of drug-likeness (QED) is 0.751. The van der Waals surface area contributed by atoms with Crippen molar-refractivity contribution >= 4 is 10.0 Å². The minimum absolute atomic E-state index is 0.305. The van der Waals surface area contributed by atoms with Crippen LogP contribution in [0.4, 0.5) is 0 Å². The van der Waals surface area contributed by atoms with E-state index in [2.05, 4.69) is 5.32 Å². The molecule has 2 aliphatic heterocycles. The molecule has 0 aromatic rings. The SMILES string of the molecule is CNC1CCN(S(=O)(=O)C2CCCOC2)C1. The molecular formula is C10H20N2O3S. The number of hydrogen-bond donors (Lipinski definition) is 1. The number of nitrogens with zero attached hydrogens (tertiary/aromatic N) is 1. The van der Waals surface area contributed by atoms with Crippen molar-refractivity contribution in [3.8, 4) is 0 Å². The van der Waals surface area contributed by atoms with Crippen LogP contribution >= 0.6 is 0 Å². The highest BCUT2D eigenvalue weighted by molar-refractivity contribution is 7.89. The summed E-state index contributed by atoms with van der Waals surface area (Å²) >= 11 is 0. The zero-order valence-corrected chi connectivity index (χ0v) is 10.5. The van der Waals surface area contributed by atoms with E-state index in [0.29, 0.717) is 32.3 Å². The first-order valence-corrected chi connectivity index (χ1v) is 7.39. The zero-order valence-electron chi connectivity index (χ0n) is 9.68. The number of sulfonamides is 1. The van der Waals surface area contributed by atoms with Crippen LogP contribution in [0.1, 0.15) is 19.3 Å². The van der Waals surface area contributed by atoms with Gasteiger partial charge in [0, 0.05) is 25.7 Å². The van der Waals surface area contributed by atoms with Crippen LogP contribution in [0.15, 0.2) is 0 Å². The molecule has 0 saturated carbocycles. The fourth-order valence-electron chi connectivity index (χ4n) is 2.35. The van der Waals surface area contributed by atoms with Crippen LogP contribution in [0.2, 0.25) is 0 Å². The molecule has 2 aliphatic rings. The zero-order chi connectivity index (χ0) is 11.6. The van der Waals surface area contributed by atoms with Crippen LogP contribution in [-0.2, 0) is 14.8 Å². The van der Waals surface area contributed by atoms with Gasteiger partial charge in [-0.1, -0.05) is 0 Å². The van der Waals surface area contributed by atoms with Crippen LogP contribution in [0.3, 0.4) is 0 Å². The highest BCUT2D eigenvalue weighted by Gasteiger charge is 2.37. The molecule has 0 radical (unpaired) electrons. The van der Waals surface area contributed by atoms with Crippen molar-refractivity contribution in [1.29, 1.82) is 0 Å².